The molecule has 3 aromatic rings. The Hall–Kier alpha value is -3.14. The van der Waals surface area contributed by atoms with E-state index in [1.165, 1.54) is 0 Å². The lowest BCUT2D eigenvalue weighted by Crippen LogP contribution is -2.30. The second-order valence-corrected chi connectivity index (χ2v) is 5.88. The molecule has 4 heteroatoms. The Bertz CT molecular complexity index is 973. The van der Waals surface area contributed by atoms with Crippen LogP contribution in [0.4, 0.5) is 0 Å². The Labute approximate surface area is 145 Å². The Balaban J connectivity index is 1.93. The van der Waals surface area contributed by atoms with E-state index in [0.29, 0.717) is 12.0 Å². The number of hydrogen-bond acceptors (Lipinski definition) is 3. The summed E-state index contributed by atoms with van der Waals surface area (Å²) in [5.41, 5.74) is 1.70. The SMILES string of the molecule is C=CCc1cccc2cc(C(=O)N[C@@H](C)c3ccccc3)c(=O)oc12. The van der Waals surface area contributed by atoms with Gasteiger partial charge in [0, 0.05) is 5.39 Å². The highest BCUT2D eigenvalue weighted by atomic mass is 16.4. The summed E-state index contributed by atoms with van der Waals surface area (Å²) in [6.45, 7) is 5.58. The van der Waals surface area contributed by atoms with Gasteiger partial charge < -0.3 is 9.73 Å². The molecule has 1 heterocycles. The molecule has 0 saturated carbocycles. The number of carbonyl (C=O) groups excluding carboxylic acids is 1. The Morgan fingerprint density at radius 2 is 1.96 bits per heavy atom. The predicted octanol–water partition coefficient (Wildman–Crippen LogP) is 4.01. The van der Waals surface area contributed by atoms with Crippen LogP contribution in [0.5, 0.6) is 0 Å². The lowest BCUT2D eigenvalue weighted by atomic mass is 10.1. The molecule has 0 radical (unpaired) electrons. The molecule has 1 amide bonds. The fourth-order valence-electron chi connectivity index (χ4n) is 2.78. The fraction of sp³-hybridized carbons (Fsp3) is 0.143. The first-order valence-corrected chi connectivity index (χ1v) is 8.12. The van der Waals surface area contributed by atoms with Gasteiger partial charge in [0.15, 0.2) is 0 Å². The number of fused-ring (bicyclic) bond motifs is 1. The third-order valence-electron chi connectivity index (χ3n) is 4.10. The molecule has 0 unspecified atom stereocenters. The van der Waals surface area contributed by atoms with Gasteiger partial charge >= 0.3 is 5.63 Å². The molecule has 1 atom stereocenters. The van der Waals surface area contributed by atoms with Crippen LogP contribution in [-0.2, 0) is 6.42 Å². The number of para-hydroxylation sites is 1. The molecule has 0 aliphatic rings. The maximum atomic E-state index is 12.5. The zero-order chi connectivity index (χ0) is 17.8. The monoisotopic (exact) mass is 333 g/mol. The molecule has 3 rings (SSSR count). The van der Waals surface area contributed by atoms with E-state index in [2.05, 4.69) is 11.9 Å². The molecule has 1 N–H and O–H groups in total. The van der Waals surface area contributed by atoms with Gasteiger partial charge in [-0.1, -0.05) is 54.6 Å². The van der Waals surface area contributed by atoms with Crippen LogP contribution in [0.1, 0.15) is 34.5 Å². The fourth-order valence-corrected chi connectivity index (χ4v) is 2.78. The molecular formula is C21H19NO3. The number of hydrogen-bond donors (Lipinski definition) is 1. The van der Waals surface area contributed by atoms with Gasteiger partial charge in [-0.25, -0.2) is 4.79 Å². The standard InChI is InChI=1S/C21H19NO3/c1-3-8-16-11-7-12-17-13-18(21(24)25-19(16)17)20(23)22-14(2)15-9-5-4-6-10-15/h3-7,9-14H,1,8H2,2H3,(H,22,23)/t14-/m0/s1. The van der Waals surface area contributed by atoms with Gasteiger partial charge in [-0.15, -0.1) is 6.58 Å². The van der Waals surface area contributed by atoms with Crippen LogP contribution in [0.3, 0.4) is 0 Å². The zero-order valence-electron chi connectivity index (χ0n) is 14.0. The summed E-state index contributed by atoms with van der Waals surface area (Å²) in [5, 5.41) is 3.56. The first-order chi connectivity index (χ1) is 12.1. The maximum Gasteiger partial charge on any atom is 0.349 e. The minimum atomic E-state index is -0.637. The third-order valence-corrected chi connectivity index (χ3v) is 4.10. The van der Waals surface area contributed by atoms with Crippen molar-refractivity contribution < 1.29 is 9.21 Å². The highest BCUT2D eigenvalue weighted by molar-refractivity contribution is 5.97. The van der Waals surface area contributed by atoms with Gasteiger partial charge in [0.25, 0.3) is 5.91 Å². The number of benzene rings is 2. The number of amides is 1. The van der Waals surface area contributed by atoms with E-state index in [4.69, 9.17) is 4.42 Å². The van der Waals surface area contributed by atoms with Crippen molar-refractivity contribution in [2.75, 3.05) is 0 Å². The summed E-state index contributed by atoms with van der Waals surface area (Å²) in [4.78, 5) is 24.8. The average Bonchev–Trinajstić information content (AvgIpc) is 2.62. The van der Waals surface area contributed by atoms with Crippen molar-refractivity contribution >= 4 is 16.9 Å². The largest absolute Gasteiger partial charge is 0.422 e. The van der Waals surface area contributed by atoms with Gasteiger partial charge in [-0.2, -0.15) is 0 Å². The highest BCUT2D eigenvalue weighted by Crippen LogP contribution is 2.19. The van der Waals surface area contributed by atoms with Crippen LogP contribution in [-0.4, -0.2) is 5.91 Å². The highest BCUT2D eigenvalue weighted by Gasteiger charge is 2.17. The molecule has 4 nitrogen and oxygen atoms in total. The maximum absolute atomic E-state index is 12.5. The first kappa shape index (κ1) is 16.7. The van der Waals surface area contributed by atoms with Crippen LogP contribution < -0.4 is 10.9 Å². The van der Waals surface area contributed by atoms with E-state index in [0.717, 1.165) is 16.5 Å². The van der Waals surface area contributed by atoms with E-state index in [-0.39, 0.29) is 11.6 Å². The number of nitrogens with one attached hydrogen (secondary N) is 1. The predicted molar refractivity (Wildman–Crippen MR) is 98.7 cm³/mol. The Morgan fingerprint density at radius 3 is 2.68 bits per heavy atom. The summed E-state index contributed by atoms with van der Waals surface area (Å²) >= 11 is 0. The second-order valence-electron chi connectivity index (χ2n) is 5.88. The number of carbonyl (C=O) groups is 1. The van der Waals surface area contributed by atoms with Crippen molar-refractivity contribution in [2.24, 2.45) is 0 Å². The molecule has 2 aromatic carbocycles. The van der Waals surface area contributed by atoms with Gasteiger partial charge in [0.1, 0.15) is 11.1 Å². The van der Waals surface area contributed by atoms with Crippen molar-refractivity contribution in [1.29, 1.82) is 0 Å². The molecule has 0 bridgehead atoms. The minimum absolute atomic E-state index is 0.00559. The molecule has 126 valence electrons. The smallest absolute Gasteiger partial charge is 0.349 e. The van der Waals surface area contributed by atoms with E-state index in [1.807, 2.05) is 55.5 Å². The van der Waals surface area contributed by atoms with Crippen LogP contribution in [0.2, 0.25) is 0 Å². The molecule has 0 aliphatic carbocycles. The molecule has 0 spiro atoms. The second kappa shape index (κ2) is 7.18. The minimum Gasteiger partial charge on any atom is -0.422 e. The zero-order valence-corrected chi connectivity index (χ0v) is 14.0. The quantitative estimate of drug-likeness (QED) is 0.567. The van der Waals surface area contributed by atoms with Gasteiger partial charge in [-0.3, -0.25) is 4.79 Å². The van der Waals surface area contributed by atoms with Crippen LogP contribution in [0.25, 0.3) is 11.0 Å². The summed E-state index contributed by atoms with van der Waals surface area (Å²) in [7, 11) is 0. The van der Waals surface area contributed by atoms with Crippen LogP contribution in [0, 0.1) is 0 Å². The average molecular weight is 333 g/mol. The molecule has 25 heavy (non-hydrogen) atoms. The lowest BCUT2D eigenvalue weighted by molar-refractivity contribution is 0.0936. The van der Waals surface area contributed by atoms with Crippen molar-refractivity contribution in [2.45, 2.75) is 19.4 Å². The Morgan fingerprint density at radius 1 is 1.20 bits per heavy atom. The van der Waals surface area contributed by atoms with Crippen LogP contribution in [0.15, 0.2) is 76.5 Å². The summed E-state index contributed by atoms with van der Waals surface area (Å²) < 4.78 is 5.42. The summed E-state index contributed by atoms with van der Waals surface area (Å²) in [6.07, 6.45) is 2.34. The molecule has 0 aliphatic heterocycles. The molecule has 1 aromatic heterocycles. The normalized spacial score (nSPS) is 11.9. The number of rotatable bonds is 5. The molecular weight excluding hydrogens is 314 g/mol. The Kier molecular flexibility index (Phi) is 4.80. The van der Waals surface area contributed by atoms with Gasteiger partial charge in [-0.05, 0) is 30.5 Å². The van der Waals surface area contributed by atoms with Gasteiger partial charge in [0.2, 0.25) is 0 Å². The summed E-state index contributed by atoms with van der Waals surface area (Å²) in [5.74, 6) is -0.443. The third kappa shape index (κ3) is 3.53. The van der Waals surface area contributed by atoms with Crippen molar-refractivity contribution in [1.82, 2.24) is 5.32 Å². The molecule has 0 saturated heterocycles. The topological polar surface area (TPSA) is 59.3 Å². The van der Waals surface area contributed by atoms with Crippen molar-refractivity contribution in [3.05, 3.63) is 94.4 Å². The molecule has 0 fully saturated rings. The van der Waals surface area contributed by atoms with E-state index < -0.39 is 11.5 Å². The lowest BCUT2D eigenvalue weighted by Gasteiger charge is -2.14. The van der Waals surface area contributed by atoms with E-state index >= 15 is 0 Å². The summed E-state index contributed by atoms with van der Waals surface area (Å²) in [6, 6.07) is 16.5. The van der Waals surface area contributed by atoms with Crippen molar-refractivity contribution in [3.8, 4) is 0 Å². The first-order valence-electron chi connectivity index (χ1n) is 8.12. The van der Waals surface area contributed by atoms with Crippen molar-refractivity contribution in [3.63, 3.8) is 0 Å². The van der Waals surface area contributed by atoms with E-state index in [9.17, 15) is 9.59 Å². The number of allylic oxidation sites excluding steroid dienone is 1. The van der Waals surface area contributed by atoms with Gasteiger partial charge in [0.05, 0.1) is 6.04 Å². The van der Waals surface area contributed by atoms with Crippen LogP contribution >= 0.6 is 0 Å². The van der Waals surface area contributed by atoms with E-state index in [1.54, 1.807) is 12.1 Å².